The molecule has 0 saturated carbocycles. The Labute approximate surface area is 194 Å². The molecule has 0 aromatic rings. The number of unbranched alkanes of at least 4 members (excludes halogenated alkanes) is 18. The van der Waals surface area contributed by atoms with E-state index in [1.165, 1.54) is 89.9 Å². The van der Waals surface area contributed by atoms with E-state index >= 15 is 0 Å². The summed E-state index contributed by atoms with van der Waals surface area (Å²) >= 11 is 0. The van der Waals surface area contributed by atoms with Crippen LogP contribution in [0, 0.1) is 0 Å². The molecule has 0 saturated heterocycles. The second kappa shape index (κ2) is 24.4. The smallest absolute Gasteiger partial charge is 0.299 e. The monoisotopic (exact) mass is 467 g/mol. The van der Waals surface area contributed by atoms with Gasteiger partial charge >= 0.3 is 0 Å². The molecule has 1 unspecified atom stereocenters. The Morgan fingerprint density at radius 1 is 0.581 bits per heavy atom. The Hall–Kier alpha value is -0.200. The Morgan fingerprint density at radius 3 is 1.29 bits per heavy atom. The lowest BCUT2D eigenvalue weighted by molar-refractivity contribution is 0.270. The zero-order valence-corrected chi connectivity index (χ0v) is 21.7. The molecule has 31 heavy (non-hydrogen) atoms. The lowest BCUT2D eigenvalue weighted by Gasteiger charge is -2.10. The van der Waals surface area contributed by atoms with Crippen molar-refractivity contribution in [1.82, 2.24) is 6.15 Å². The fraction of sp³-hybridized carbons (Fsp3) is 1.00. The van der Waals surface area contributed by atoms with Crippen LogP contribution in [0.3, 0.4) is 0 Å². The summed E-state index contributed by atoms with van der Waals surface area (Å²) in [5.41, 5.74) is -1.87. The number of halogens is 1. The molecule has 6 heteroatoms. The summed E-state index contributed by atoms with van der Waals surface area (Å²) in [6, 6.07) is 0. The van der Waals surface area contributed by atoms with Crippen molar-refractivity contribution in [2.24, 2.45) is 0 Å². The van der Waals surface area contributed by atoms with Gasteiger partial charge in [0.2, 0.25) is 5.50 Å². The van der Waals surface area contributed by atoms with E-state index in [1.807, 2.05) is 0 Å². The fourth-order valence-electron chi connectivity index (χ4n) is 3.78. The maximum Gasteiger partial charge on any atom is 0.299 e. The minimum atomic E-state index is -4.05. The summed E-state index contributed by atoms with van der Waals surface area (Å²) in [4.78, 5) is 0. The standard InChI is InChI=1S/C25H51FO3S.H3N/c1-3-5-7-9-11-13-14-16-18-20-22-24-29-30(27,28)25(26)23-21-19-17-15-12-10-8-6-4-2;/h25H,3-24H2,1-2H3;1H3. The van der Waals surface area contributed by atoms with Gasteiger partial charge in [0.25, 0.3) is 10.1 Å². The first-order valence-electron chi connectivity index (χ1n) is 13.1. The summed E-state index contributed by atoms with van der Waals surface area (Å²) < 4.78 is 42.7. The minimum Gasteiger partial charge on any atom is -0.344 e. The van der Waals surface area contributed by atoms with E-state index in [0.717, 1.165) is 25.7 Å². The van der Waals surface area contributed by atoms with Gasteiger partial charge < -0.3 is 6.15 Å². The highest BCUT2D eigenvalue weighted by molar-refractivity contribution is 7.87. The normalized spacial score (nSPS) is 12.6. The molecule has 0 spiro atoms. The minimum absolute atomic E-state index is 0. The lowest BCUT2D eigenvalue weighted by Crippen LogP contribution is -2.19. The Kier molecular flexibility index (Phi) is 26.0. The number of hydrogen-bond acceptors (Lipinski definition) is 4. The molecule has 0 radical (unpaired) electrons. The molecule has 3 N–H and O–H groups in total. The van der Waals surface area contributed by atoms with Crippen molar-refractivity contribution in [2.75, 3.05) is 6.61 Å². The van der Waals surface area contributed by atoms with Gasteiger partial charge in [0.1, 0.15) is 0 Å². The van der Waals surface area contributed by atoms with Crippen LogP contribution < -0.4 is 6.15 Å². The topological polar surface area (TPSA) is 78.4 Å². The van der Waals surface area contributed by atoms with Gasteiger partial charge in [-0.1, -0.05) is 129 Å². The van der Waals surface area contributed by atoms with Gasteiger partial charge in [-0.2, -0.15) is 8.42 Å². The number of alkyl halides is 1. The van der Waals surface area contributed by atoms with E-state index in [2.05, 4.69) is 13.8 Å². The van der Waals surface area contributed by atoms with E-state index < -0.39 is 15.6 Å². The summed E-state index contributed by atoms with van der Waals surface area (Å²) in [6.07, 6.45) is 23.4. The van der Waals surface area contributed by atoms with Gasteiger partial charge in [0.15, 0.2) is 0 Å². The third-order valence-corrected chi connectivity index (χ3v) is 7.20. The fourth-order valence-corrected chi connectivity index (χ4v) is 4.73. The van der Waals surface area contributed by atoms with Crippen LogP contribution in [0.25, 0.3) is 0 Å². The summed E-state index contributed by atoms with van der Waals surface area (Å²) in [7, 11) is -4.05. The molecule has 0 amide bonds. The van der Waals surface area contributed by atoms with Crippen LogP contribution >= 0.6 is 0 Å². The predicted molar refractivity (Wildman–Crippen MR) is 133 cm³/mol. The molecule has 0 aromatic carbocycles. The molecule has 0 fully saturated rings. The van der Waals surface area contributed by atoms with Crippen molar-refractivity contribution in [3.05, 3.63) is 0 Å². The molecule has 0 heterocycles. The van der Waals surface area contributed by atoms with Crippen LogP contribution in [0.15, 0.2) is 0 Å². The van der Waals surface area contributed by atoms with E-state index in [4.69, 9.17) is 4.18 Å². The molecule has 4 nitrogen and oxygen atoms in total. The number of rotatable bonds is 24. The van der Waals surface area contributed by atoms with Gasteiger partial charge in [0, 0.05) is 0 Å². The highest BCUT2D eigenvalue weighted by Gasteiger charge is 2.25. The highest BCUT2D eigenvalue weighted by Crippen LogP contribution is 2.17. The second-order valence-corrected chi connectivity index (χ2v) is 10.6. The predicted octanol–water partition coefficient (Wildman–Crippen LogP) is 9.02. The van der Waals surface area contributed by atoms with Gasteiger partial charge in [0.05, 0.1) is 6.61 Å². The van der Waals surface area contributed by atoms with Crippen LogP contribution in [0.5, 0.6) is 0 Å². The highest BCUT2D eigenvalue weighted by atomic mass is 32.2. The van der Waals surface area contributed by atoms with Crippen LogP contribution in [0.4, 0.5) is 4.39 Å². The molecule has 1 atom stereocenters. The van der Waals surface area contributed by atoms with Crippen LogP contribution in [0.1, 0.15) is 149 Å². The summed E-state index contributed by atoms with van der Waals surface area (Å²) in [5.74, 6) is 0. The summed E-state index contributed by atoms with van der Waals surface area (Å²) in [5, 5.41) is 0. The van der Waals surface area contributed by atoms with Crippen molar-refractivity contribution < 1.29 is 17.0 Å². The molecule has 0 aromatic heterocycles. The zero-order chi connectivity index (χ0) is 22.3. The quantitative estimate of drug-likeness (QED) is 0.113. The third kappa shape index (κ3) is 22.8. The first kappa shape index (κ1) is 33.0. The third-order valence-electron chi connectivity index (χ3n) is 5.84. The maximum atomic E-state index is 14.0. The first-order chi connectivity index (χ1) is 14.5. The van der Waals surface area contributed by atoms with Crippen molar-refractivity contribution in [3.63, 3.8) is 0 Å². The van der Waals surface area contributed by atoms with Gasteiger partial charge in [-0.3, -0.25) is 4.18 Å². The molecular formula is C25H54FNO3S. The lowest BCUT2D eigenvalue weighted by atomic mass is 10.1. The Balaban J connectivity index is 0. The maximum absolute atomic E-state index is 14.0. The molecule has 0 aliphatic rings. The number of hydrogen-bond donors (Lipinski definition) is 1. The molecule has 0 aliphatic carbocycles. The van der Waals surface area contributed by atoms with Crippen LogP contribution in [-0.2, 0) is 14.3 Å². The van der Waals surface area contributed by atoms with Crippen molar-refractivity contribution in [1.29, 1.82) is 0 Å². The zero-order valence-electron chi connectivity index (χ0n) is 20.9. The molecule has 190 valence electrons. The molecule has 0 aliphatic heterocycles. The van der Waals surface area contributed by atoms with Crippen molar-refractivity contribution in [3.8, 4) is 0 Å². The van der Waals surface area contributed by atoms with Gasteiger partial charge in [-0.15, -0.1) is 0 Å². The van der Waals surface area contributed by atoms with Crippen LogP contribution in [-0.4, -0.2) is 20.5 Å². The average Bonchev–Trinajstić information content (AvgIpc) is 2.73. The van der Waals surface area contributed by atoms with Crippen LogP contribution in [0.2, 0.25) is 0 Å². The Morgan fingerprint density at radius 2 is 0.903 bits per heavy atom. The van der Waals surface area contributed by atoms with Gasteiger partial charge in [-0.05, 0) is 19.3 Å². The van der Waals surface area contributed by atoms with E-state index in [9.17, 15) is 12.8 Å². The van der Waals surface area contributed by atoms with E-state index in [0.29, 0.717) is 12.8 Å². The second-order valence-electron chi connectivity index (χ2n) is 8.88. The van der Waals surface area contributed by atoms with E-state index in [1.54, 1.807) is 0 Å². The molecular weight excluding hydrogens is 413 g/mol. The van der Waals surface area contributed by atoms with E-state index in [-0.39, 0.29) is 19.2 Å². The average molecular weight is 468 g/mol. The first-order valence-corrected chi connectivity index (χ1v) is 14.5. The van der Waals surface area contributed by atoms with Crippen molar-refractivity contribution in [2.45, 2.75) is 154 Å². The molecule has 0 bridgehead atoms. The van der Waals surface area contributed by atoms with Gasteiger partial charge in [-0.25, -0.2) is 4.39 Å². The Bertz CT molecular complexity index is 446. The summed E-state index contributed by atoms with van der Waals surface area (Å²) in [6.45, 7) is 4.57. The largest absolute Gasteiger partial charge is 0.344 e. The SMILES string of the molecule is CCCCCCCCCCCCCOS(=O)(=O)C(F)CCCCCCCCCCC.N. The molecule has 0 rings (SSSR count). The van der Waals surface area contributed by atoms with Crippen molar-refractivity contribution >= 4 is 10.1 Å².